The summed E-state index contributed by atoms with van der Waals surface area (Å²) in [6.07, 6.45) is 38.8. The monoisotopic (exact) mass is 1100 g/mol. The number of nitrogens with one attached hydrogen (secondary N) is 2. The van der Waals surface area contributed by atoms with Crippen LogP contribution < -0.4 is 14.2 Å². The lowest BCUT2D eigenvalue weighted by Crippen LogP contribution is -1.97. The Morgan fingerprint density at radius 3 is 0.780 bits per heavy atom. The number of hydrogen-bond donors (Lipinski definition) is 3. The quantitative estimate of drug-likeness (QED) is 0.0347. The second kappa shape index (κ2) is 31.8. The van der Waals surface area contributed by atoms with Gasteiger partial charge in [0.25, 0.3) is 0 Å². The van der Waals surface area contributed by atoms with Gasteiger partial charge in [0.15, 0.2) is 0 Å². The molecular weight excluding hydrogens is 1010 g/mol. The Labute approximate surface area is 489 Å². The van der Waals surface area contributed by atoms with E-state index in [1.165, 1.54) is 135 Å². The van der Waals surface area contributed by atoms with Crippen LogP contribution in [0.4, 0.5) is 0 Å². The SMILES string of the molecule is CCCCCCCCCCOc1ccc(-c2c3nc(c(-c4ccc(OCCCCCCCCCC)cc4)c4ccc([nH]4)c(-c4ccc(OCCCCCCCCCC)cc4)c4nc(c(-c5ccc(O)cc5)c5ccc2[nH]5)C=C4)C=C3)cc1. The number of aromatic nitrogens is 4. The zero-order valence-corrected chi connectivity index (χ0v) is 49.5. The van der Waals surface area contributed by atoms with Gasteiger partial charge in [-0.2, -0.15) is 0 Å². The molecule has 0 aliphatic carbocycles. The standard InChI is InChI=1S/C74H90N4O4/c1-4-7-10-13-16-19-22-25-52-80-60-38-30-56(31-39-60)72-65-46-44-63(75-65)71(55-28-36-59(79)37-29-55)64-45-47-66(76-64)73(57-32-40-61(41-33-57)81-53-26-23-20-17-14-11-8-5-2)68-49-51-70(78-68)74(69-50-48-67(72)77-69)58-34-42-62(43-35-58)82-54-27-24-21-18-15-12-9-6-3/h28-51,75,78-79H,4-27,52-54H2,1-3H3. The van der Waals surface area contributed by atoms with Crippen LogP contribution in [0.2, 0.25) is 0 Å². The molecule has 0 fully saturated rings. The highest BCUT2D eigenvalue weighted by atomic mass is 16.5. The van der Waals surface area contributed by atoms with E-state index in [-0.39, 0.29) is 5.75 Å². The lowest BCUT2D eigenvalue weighted by molar-refractivity contribution is 0.304. The fraction of sp³-hybridized carbons (Fsp3) is 0.405. The molecule has 2 aliphatic heterocycles. The second-order valence-corrected chi connectivity index (χ2v) is 22.6. The number of ether oxygens (including phenoxy) is 3. The molecule has 0 amide bonds. The predicted octanol–water partition coefficient (Wildman–Crippen LogP) is 21.6. The maximum absolute atomic E-state index is 10.5. The first kappa shape index (κ1) is 59.3. The number of rotatable bonds is 34. The van der Waals surface area contributed by atoms with E-state index >= 15 is 0 Å². The first-order valence-corrected chi connectivity index (χ1v) is 31.6. The maximum Gasteiger partial charge on any atom is 0.119 e. The van der Waals surface area contributed by atoms with Gasteiger partial charge in [0.2, 0.25) is 0 Å². The zero-order chi connectivity index (χ0) is 56.6. The molecule has 8 nitrogen and oxygen atoms in total. The molecule has 0 spiro atoms. The number of aromatic hydroxyl groups is 1. The van der Waals surface area contributed by atoms with Gasteiger partial charge in [0.1, 0.15) is 23.0 Å². The predicted molar refractivity (Wildman–Crippen MR) is 347 cm³/mol. The summed E-state index contributed by atoms with van der Waals surface area (Å²) in [6, 6.07) is 41.6. The van der Waals surface area contributed by atoms with E-state index in [9.17, 15) is 5.11 Å². The molecule has 4 aromatic carbocycles. The van der Waals surface area contributed by atoms with Gasteiger partial charge in [0.05, 0.1) is 42.6 Å². The van der Waals surface area contributed by atoms with Crippen LogP contribution in [0.5, 0.6) is 23.0 Å². The molecule has 0 saturated carbocycles. The van der Waals surface area contributed by atoms with Crippen molar-refractivity contribution in [3.05, 3.63) is 144 Å². The number of nitrogens with zero attached hydrogens (tertiary/aromatic N) is 2. The van der Waals surface area contributed by atoms with E-state index in [1.54, 1.807) is 12.1 Å². The van der Waals surface area contributed by atoms with Gasteiger partial charge in [-0.25, -0.2) is 9.97 Å². The topological polar surface area (TPSA) is 105 Å². The number of H-pyrrole nitrogens is 2. The van der Waals surface area contributed by atoms with Crippen LogP contribution in [0, 0.1) is 0 Å². The third-order valence-electron chi connectivity index (χ3n) is 16.1. The molecule has 5 heterocycles. The normalized spacial score (nSPS) is 11.9. The van der Waals surface area contributed by atoms with Crippen LogP contribution in [0.3, 0.4) is 0 Å². The Bertz CT molecular complexity index is 3230. The van der Waals surface area contributed by atoms with E-state index in [4.69, 9.17) is 24.2 Å². The van der Waals surface area contributed by atoms with Crippen LogP contribution in [-0.2, 0) is 0 Å². The van der Waals surface area contributed by atoms with E-state index < -0.39 is 0 Å². The minimum absolute atomic E-state index is 0.206. The molecule has 8 heteroatoms. The third kappa shape index (κ3) is 16.7. The summed E-state index contributed by atoms with van der Waals surface area (Å²) < 4.78 is 19.0. The molecule has 3 N–H and O–H groups in total. The van der Waals surface area contributed by atoms with Crippen LogP contribution >= 0.6 is 0 Å². The fourth-order valence-electron chi connectivity index (χ4n) is 11.5. The first-order valence-electron chi connectivity index (χ1n) is 31.6. The summed E-state index contributed by atoms with van der Waals surface area (Å²) in [4.78, 5) is 18.9. The van der Waals surface area contributed by atoms with Crippen molar-refractivity contribution in [2.75, 3.05) is 19.8 Å². The molecule has 3 aromatic heterocycles. The molecule has 0 atom stereocenters. The Hall–Kier alpha value is -7.32. The Kier molecular flexibility index (Phi) is 23.0. The van der Waals surface area contributed by atoms with Crippen LogP contribution in [-0.4, -0.2) is 44.9 Å². The van der Waals surface area contributed by atoms with E-state index in [0.717, 1.165) is 126 Å². The van der Waals surface area contributed by atoms with E-state index in [1.807, 2.05) is 12.1 Å². The van der Waals surface area contributed by atoms with Gasteiger partial charge in [-0.15, -0.1) is 0 Å². The molecule has 0 radical (unpaired) electrons. The van der Waals surface area contributed by atoms with Crippen LogP contribution in [0.1, 0.15) is 198 Å². The molecule has 2 aliphatic rings. The van der Waals surface area contributed by atoms with Crippen molar-refractivity contribution >= 4 is 46.4 Å². The van der Waals surface area contributed by atoms with Crippen molar-refractivity contribution < 1.29 is 19.3 Å². The van der Waals surface area contributed by atoms with Gasteiger partial charge >= 0.3 is 0 Å². The van der Waals surface area contributed by atoms with Crippen LogP contribution in [0.25, 0.3) is 90.9 Å². The lowest BCUT2D eigenvalue weighted by atomic mass is 10.0. The van der Waals surface area contributed by atoms with E-state index in [2.05, 4.69) is 152 Å². The Morgan fingerprint density at radius 1 is 0.293 bits per heavy atom. The maximum atomic E-state index is 10.5. The molecule has 8 bridgehead atoms. The Morgan fingerprint density at radius 2 is 0.524 bits per heavy atom. The highest BCUT2D eigenvalue weighted by Crippen LogP contribution is 2.40. The highest BCUT2D eigenvalue weighted by molar-refractivity contribution is 6.00. The fourth-order valence-corrected chi connectivity index (χ4v) is 11.5. The summed E-state index contributed by atoms with van der Waals surface area (Å²) in [5.41, 5.74) is 14.8. The van der Waals surface area contributed by atoms with Gasteiger partial charge in [-0.05, 0) is 139 Å². The van der Waals surface area contributed by atoms with Crippen molar-refractivity contribution in [3.63, 3.8) is 0 Å². The van der Waals surface area contributed by atoms with Gasteiger partial charge in [-0.3, -0.25) is 0 Å². The zero-order valence-electron chi connectivity index (χ0n) is 49.5. The van der Waals surface area contributed by atoms with Crippen molar-refractivity contribution in [2.24, 2.45) is 0 Å². The average molecular weight is 1100 g/mol. The summed E-state index contributed by atoms with van der Waals surface area (Å²) in [6.45, 7) is 8.94. The smallest absolute Gasteiger partial charge is 0.119 e. The molecular formula is C74H90N4O4. The molecule has 9 rings (SSSR count). The number of aromatic amines is 2. The molecule has 7 aromatic rings. The van der Waals surface area contributed by atoms with Crippen molar-refractivity contribution in [1.82, 2.24) is 19.9 Å². The minimum Gasteiger partial charge on any atom is -0.508 e. The van der Waals surface area contributed by atoms with Gasteiger partial charge < -0.3 is 29.3 Å². The average Bonchev–Trinajstić information content (AvgIpc) is 4.44. The number of fused-ring (bicyclic) bond motifs is 8. The molecule has 0 saturated heterocycles. The number of phenols is 1. The van der Waals surface area contributed by atoms with Crippen molar-refractivity contribution in [1.29, 1.82) is 0 Å². The second-order valence-electron chi connectivity index (χ2n) is 22.6. The molecule has 0 unspecified atom stereocenters. The molecule has 82 heavy (non-hydrogen) atoms. The first-order chi connectivity index (χ1) is 40.5. The summed E-state index contributed by atoms with van der Waals surface area (Å²) in [7, 11) is 0. The van der Waals surface area contributed by atoms with E-state index in [0.29, 0.717) is 19.8 Å². The summed E-state index contributed by atoms with van der Waals surface area (Å²) in [5, 5.41) is 10.5. The minimum atomic E-state index is 0.206. The van der Waals surface area contributed by atoms with Crippen molar-refractivity contribution in [2.45, 2.75) is 175 Å². The molecule has 430 valence electrons. The highest BCUT2D eigenvalue weighted by Gasteiger charge is 2.20. The van der Waals surface area contributed by atoms with Crippen molar-refractivity contribution in [3.8, 4) is 67.5 Å². The summed E-state index contributed by atoms with van der Waals surface area (Å²) in [5.74, 6) is 2.80. The van der Waals surface area contributed by atoms with Gasteiger partial charge in [0, 0.05) is 44.3 Å². The van der Waals surface area contributed by atoms with Gasteiger partial charge in [-0.1, -0.05) is 204 Å². The largest absolute Gasteiger partial charge is 0.508 e. The Balaban J connectivity index is 1.11. The third-order valence-corrected chi connectivity index (χ3v) is 16.1. The number of phenolic OH excluding ortho intramolecular Hbond substituents is 1. The number of benzene rings is 4. The number of hydrogen-bond acceptors (Lipinski definition) is 6. The summed E-state index contributed by atoms with van der Waals surface area (Å²) >= 11 is 0. The number of unbranched alkanes of at least 4 members (excludes halogenated alkanes) is 21. The van der Waals surface area contributed by atoms with Crippen LogP contribution in [0.15, 0.2) is 121 Å². The lowest BCUT2D eigenvalue weighted by Gasteiger charge is -2.10.